The number of β-amino-alcohol motifs (C(OH)–C–C–N with tert-alkyl or cyclic N) is 1. The maximum absolute atomic E-state index is 13.3. The first kappa shape index (κ1) is 29.5. The number of carbonyl (C=O) groups excluding carboxylic acids is 3. The van der Waals surface area contributed by atoms with E-state index < -0.39 is 52.7 Å². The summed E-state index contributed by atoms with van der Waals surface area (Å²) < 4.78 is 4.62. The number of hydrogen-bond acceptors (Lipinski definition) is 17. The Balaban J connectivity index is 1.28. The van der Waals surface area contributed by atoms with Crippen LogP contribution in [0, 0.1) is 11.8 Å². The Morgan fingerprint density at radius 3 is 2.78 bits per heavy atom. The average molecular weight is 642 g/mol. The summed E-state index contributed by atoms with van der Waals surface area (Å²) in [5, 5.41) is 41.6. The number of anilines is 1. The molecule has 2 aromatic rings. The number of thiazole rings is 1. The lowest BCUT2D eigenvalue weighted by atomic mass is 9.71. The van der Waals surface area contributed by atoms with E-state index in [9.17, 15) is 34.6 Å². The molecule has 3 unspecified atom stereocenters. The van der Waals surface area contributed by atoms with Crippen molar-refractivity contribution in [3.8, 4) is 0 Å². The molecular weight excluding hydrogens is 619 g/mol. The molecule has 2 fully saturated rings. The third kappa shape index (κ3) is 6.30. The zero-order valence-electron chi connectivity index (χ0n) is 20.9. The number of hydroxylamine groups is 2. The summed E-state index contributed by atoms with van der Waals surface area (Å²) in [7, 11) is 0. The van der Waals surface area contributed by atoms with Gasteiger partial charge in [0.2, 0.25) is 0 Å². The SMILES string of the molecule is Nc1nc(/C(=N/OCC2CN(O)CC(O)C2=O)C(=O)N[C@@H]2C(=O)C3C(C(=O)O)=C(CSc4cnns4)CS[C@@H]32)cs1. The number of nitrogens with zero attached hydrogens (tertiary/aromatic N) is 5. The van der Waals surface area contributed by atoms with Gasteiger partial charge in [0.25, 0.3) is 5.91 Å². The van der Waals surface area contributed by atoms with Gasteiger partial charge < -0.3 is 31.3 Å². The van der Waals surface area contributed by atoms with Gasteiger partial charge in [0, 0.05) is 34.3 Å². The van der Waals surface area contributed by atoms with E-state index in [1.165, 1.54) is 40.4 Å². The second-order valence-corrected chi connectivity index (χ2v) is 13.4. The van der Waals surface area contributed by atoms with Crippen molar-refractivity contribution >= 4 is 80.7 Å². The topological polar surface area (TPSA) is 231 Å². The van der Waals surface area contributed by atoms with Gasteiger partial charge in [-0.05, 0) is 17.1 Å². The highest BCUT2D eigenvalue weighted by molar-refractivity contribution is 8.02. The number of carboxylic acid groups (broad SMARTS) is 1. The summed E-state index contributed by atoms with van der Waals surface area (Å²) >= 11 is 5.03. The lowest BCUT2D eigenvalue weighted by molar-refractivity contribution is -0.170. The standard InChI is InChI=1S/C22H23N7O8S4/c23-22-25-10(7-40-22)15(27-37-4-8-2-29(36)3-11(30)17(8)31)20(33)26-16-18(32)14-13(21(34)35)9(6-39-19(14)16)5-38-12-1-24-28-41-12/h1,7-8,11,14,16,19,30,36H,2-6H2,(H2,23,25)(H,26,33)(H,34,35)/b27-15-/t8?,11?,14?,16-,19+/m1/s1. The molecule has 4 heterocycles. The van der Waals surface area contributed by atoms with Gasteiger partial charge in [-0.25, -0.2) is 9.78 Å². The number of nitrogens with one attached hydrogen (secondary N) is 1. The lowest BCUT2D eigenvalue weighted by Crippen LogP contribution is -2.66. The van der Waals surface area contributed by atoms with Crippen LogP contribution in [0.25, 0.3) is 0 Å². The van der Waals surface area contributed by atoms with Crippen LogP contribution in [0.4, 0.5) is 5.13 Å². The second kappa shape index (κ2) is 12.5. The zero-order valence-corrected chi connectivity index (χ0v) is 24.2. The number of Topliss-reactive ketones (excluding diaryl/α,β-unsaturated/α-hetero) is 2. The average Bonchev–Trinajstić information content (AvgIpc) is 3.62. The van der Waals surface area contributed by atoms with Crippen LogP contribution >= 0.6 is 46.4 Å². The molecule has 1 saturated heterocycles. The molecule has 218 valence electrons. The number of aliphatic carboxylic acids is 1. The number of aliphatic hydroxyl groups excluding tert-OH is 1. The van der Waals surface area contributed by atoms with Gasteiger partial charge >= 0.3 is 5.97 Å². The van der Waals surface area contributed by atoms with Crippen molar-refractivity contribution in [1.82, 2.24) is 25.0 Å². The van der Waals surface area contributed by atoms with Crippen LogP contribution in [0.5, 0.6) is 0 Å². The molecule has 1 aliphatic carbocycles. The van der Waals surface area contributed by atoms with Gasteiger partial charge in [-0.15, -0.1) is 28.2 Å². The van der Waals surface area contributed by atoms with Gasteiger partial charge in [-0.1, -0.05) is 9.64 Å². The molecule has 2 aromatic heterocycles. The monoisotopic (exact) mass is 641 g/mol. The van der Waals surface area contributed by atoms with Crippen LogP contribution in [0.3, 0.4) is 0 Å². The van der Waals surface area contributed by atoms with Crippen molar-refractivity contribution in [1.29, 1.82) is 0 Å². The normalized spacial score (nSPS) is 26.9. The van der Waals surface area contributed by atoms with Crippen LogP contribution in [-0.4, -0.2) is 113 Å². The zero-order chi connectivity index (χ0) is 29.3. The molecule has 3 aliphatic rings. The van der Waals surface area contributed by atoms with Crippen LogP contribution in [0.2, 0.25) is 0 Å². The van der Waals surface area contributed by atoms with E-state index >= 15 is 0 Å². The number of carboxylic acids is 1. The molecule has 15 nitrogen and oxygen atoms in total. The highest BCUT2D eigenvalue weighted by Gasteiger charge is 2.56. The van der Waals surface area contributed by atoms with Gasteiger partial charge in [0.15, 0.2) is 22.4 Å². The third-order valence-electron chi connectivity index (χ3n) is 6.62. The fourth-order valence-electron chi connectivity index (χ4n) is 4.64. The Labute approximate surface area is 248 Å². The summed E-state index contributed by atoms with van der Waals surface area (Å²) in [6.45, 7) is -0.644. The van der Waals surface area contributed by atoms with E-state index in [4.69, 9.17) is 10.6 Å². The Morgan fingerprint density at radius 1 is 1.29 bits per heavy atom. The number of rotatable bonds is 10. The smallest absolute Gasteiger partial charge is 0.332 e. The summed E-state index contributed by atoms with van der Waals surface area (Å²) in [5.74, 6) is -3.96. The molecule has 41 heavy (non-hydrogen) atoms. The van der Waals surface area contributed by atoms with E-state index in [0.29, 0.717) is 17.1 Å². The van der Waals surface area contributed by atoms with Crippen LogP contribution in [0.1, 0.15) is 5.69 Å². The van der Waals surface area contributed by atoms with Crippen LogP contribution in [-0.2, 0) is 24.0 Å². The summed E-state index contributed by atoms with van der Waals surface area (Å²) in [4.78, 5) is 60.1. The van der Waals surface area contributed by atoms with E-state index in [-0.39, 0.29) is 41.8 Å². The minimum absolute atomic E-state index is 0.0518. The Kier molecular flexibility index (Phi) is 9.02. The number of fused-ring (bicyclic) bond motifs is 1. The maximum atomic E-state index is 13.3. The molecule has 19 heteroatoms. The van der Waals surface area contributed by atoms with Crippen molar-refractivity contribution in [2.24, 2.45) is 17.0 Å². The minimum atomic E-state index is -1.38. The van der Waals surface area contributed by atoms with Crippen molar-refractivity contribution in [3.63, 3.8) is 0 Å². The number of ketones is 2. The highest BCUT2D eigenvalue weighted by Crippen LogP contribution is 2.46. The van der Waals surface area contributed by atoms with Crippen molar-refractivity contribution < 1.29 is 39.4 Å². The third-order valence-corrected chi connectivity index (χ3v) is 10.7. The minimum Gasteiger partial charge on any atom is -0.478 e. The first-order valence-electron chi connectivity index (χ1n) is 12.0. The lowest BCUT2D eigenvalue weighted by Gasteiger charge is -2.46. The number of nitrogen functional groups attached to an aromatic ring is 1. The molecule has 0 spiro atoms. The van der Waals surface area contributed by atoms with Gasteiger partial charge in [-0.2, -0.15) is 16.8 Å². The predicted molar refractivity (Wildman–Crippen MR) is 149 cm³/mol. The fourth-order valence-corrected chi connectivity index (χ4v) is 8.28. The Hall–Kier alpha value is -2.94. The molecule has 5 atom stereocenters. The van der Waals surface area contributed by atoms with E-state index in [1.54, 1.807) is 6.20 Å². The molecule has 1 saturated carbocycles. The first-order chi connectivity index (χ1) is 19.6. The van der Waals surface area contributed by atoms with Gasteiger partial charge in [0.1, 0.15) is 28.7 Å². The number of aliphatic hydroxyl groups is 1. The van der Waals surface area contributed by atoms with Gasteiger partial charge in [-0.3, -0.25) is 14.4 Å². The van der Waals surface area contributed by atoms with E-state index in [2.05, 4.69) is 25.0 Å². The molecule has 5 rings (SSSR count). The number of carbonyl (C=O) groups is 4. The van der Waals surface area contributed by atoms with Crippen molar-refractivity contribution in [3.05, 3.63) is 28.4 Å². The molecule has 0 bridgehead atoms. The Bertz CT molecular complexity index is 1410. The molecule has 0 aromatic carbocycles. The number of thioether (sulfide) groups is 2. The number of amides is 1. The highest BCUT2D eigenvalue weighted by atomic mass is 32.2. The van der Waals surface area contributed by atoms with Crippen LogP contribution < -0.4 is 11.1 Å². The van der Waals surface area contributed by atoms with E-state index in [0.717, 1.165) is 20.6 Å². The predicted octanol–water partition coefficient (Wildman–Crippen LogP) is -0.479. The number of hydrogen-bond donors (Lipinski definition) is 5. The van der Waals surface area contributed by atoms with Crippen molar-refractivity contribution in [2.75, 3.05) is 36.9 Å². The van der Waals surface area contributed by atoms with E-state index in [1.807, 2.05) is 0 Å². The number of nitrogens with two attached hydrogens (primary N) is 1. The molecular formula is C22H23N7O8S4. The summed E-state index contributed by atoms with van der Waals surface area (Å²) in [6, 6.07) is -0.967. The molecule has 0 radical (unpaired) electrons. The maximum Gasteiger partial charge on any atom is 0.332 e. The summed E-state index contributed by atoms with van der Waals surface area (Å²) in [5.41, 5.74) is 6.18. The number of piperidine rings is 1. The Morgan fingerprint density at radius 2 is 2.10 bits per heavy atom. The quantitative estimate of drug-likeness (QED) is 0.125. The largest absolute Gasteiger partial charge is 0.478 e. The molecule has 1 amide bonds. The van der Waals surface area contributed by atoms with Gasteiger partial charge in [0.05, 0.1) is 24.6 Å². The second-order valence-electron chi connectivity index (χ2n) is 9.25. The van der Waals surface area contributed by atoms with Crippen LogP contribution in [0.15, 0.2) is 32.1 Å². The fraction of sp³-hybridized carbons (Fsp3) is 0.455. The molecule has 2 aliphatic heterocycles. The first-order valence-corrected chi connectivity index (χ1v) is 15.7. The summed E-state index contributed by atoms with van der Waals surface area (Å²) in [6.07, 6.45) is 0.206. The number of oxime groups is 1. The molecule has 6 N–H and O–H groups in total. The number of aromatic nitrogens is 3. The van der Waals surface area contributed by atoms with Crippen molar-refractivity contribution in [2.45, 2.75) is 21.6 Å².